The van der Waals surface area contributed by atoms with E-state index < -0.39 is 5.60 Å². The summed E-state index contributed by atoms with van der Waals surface area (Å²) in [5.41, 5.74) is -0.195. The number of aromatic nitrogens is 2. The number of halogens is 1. The number of nitrogens with one attached hydrogen (secondary N) is 1. The van der Waals surface area contributed by atoms with Gasteiger partial charge in [-0.1, -0.05) is 11.6 Å². The number of hydrogen-bond donors (Lipinski definition) is 2. The van der Waals surface area contributed by atoms with Crippen molar-refractivity contribution in [3.63, 3.8) is 0 Å². The highest BCUT2D eigenvalue weighted by Crippen LogP contribution is 2.17. The van der Waals surface area contributed by atoms with Crippen LogP contribution in [-0.2, 0) is 0 Å². The molecular formula is C14H19ClN4O. The fourth-order valence-corrected chi connectivity index (χ4v) is 2.27. The Labute approximate surface area is 123 Å². The second kappa shape index (κ2) is 5.91. The predicted molar refractivity (Wildman–Crippen MR) is 82.2 cm³/mol. The molecule has 5 nitrogen and oxygen atoms in total. The zero-order chi connectivity index (χ0) is 14.8. The number of fused-ring (bicyclic) bond motifs is 1. The van der Waals surface area contributed by atoms with Gasteiger partial charge in [0.05, 0.1) is 10.6 Å². The smallest absolute Gasteiger partial charge is 0.161 e. The maximum Gasteiger partial charge on any atom is 0.161 e. The molecule has 0 amide bonds. The number of likely N-dealkylation sites (N-methyl/N-ethyl adjacent to an activating group) is 1. The van der Waals surface area contributed by atoms with E-state index in [4.69, 9.17) is 11.6 Å². The molecule has 0 aliphatic carbocycles. The minimum atomic E-state index is -0.826. The number of nitrogens with zero attached hydrogens (tertiary/aromatic N) is 3. The SMILES string of the molecule is CN(C)CC(C)(O)CNc1ccc2cc(Cl)cnc2n1. The van der Waals surface area contributed by atoms with E-state index >= 15 is 0 Å². The van der Waals surface area contributed by atoms with Gasteiger partial charge in [-0.3, -0.25) is 0 Å². The van der Waals surface area contributed by atoms with E-state index in [1.807, 2.05) is 37.2 Å². The molecule has 0 radical (unpaired) electrons. The maximum atomic E-state index is 10.2. The van der Waals surface area contributed by atoms with Crippen molar-refractivity contribution in [1.29, 1.82) is 0 Å². The number of hydrogen-bond acceptors (Lipinski definition) is 5. The number of anilines is 1. The van der Waals surface area contributed by atoms with E-state index in [-0.39, 0.29) is 0 Å². The molecule has 0 fully saturated rings. The summed E-state index contributed by atoms with van der Waals surface area (Å²) < 4.78 is 0. The lowest BCUT2D eigenvalue weighted by Crippen LogP contribution is -2.43. The summed E-state index contributed by atoms with van der Waals surface area (Å²) in [5, 5.41) is 14.9. The van der Waals surface area contributed by atoms with Crippen molar-refractivity contribution in [3.8, 4) is 0 Å². The van der Waals surface area contributed by atoms with Gasteiger partial charge in [0.25, 0.3) is 0 Å². The van der Waals surface area contributed by atoms with Gasteiger partial charge in [0.2, 0.25) is 0 Å². The summed E-state index contributed by atoms with van der Waals surface area (Å²) in [5.74, 6) is 0.686. The average molecular weight is 295 g/mol. The van der Waals surface area contributed by atoms with Crippen LogP contribution in [0.15, 0.2) is 24.4 Å². The lowest BCUT2D eigenvalue weighted by Gasteiger charge is -2.27. The molecule has 0 spiro atoms. The van der Waals surface area contributed by atoms with Crippen LogP contribution in [-0.4, -0.2) is 52.8 Å². The van der Waals surface area contributed by atoms with Crippen molar-refractivity contribution >= 4 is 28.5 Å². The van der Waals surface area contributed by atoms with Crippen molar-refractivity contribution in [3.05, 3.63) is 29.4 Å². The first-order valence-electron chi connectivity index (χ1n) is 6.39. The molecule has 20 heavy (non-hydrogen) atoms. The summed E-state index contributed by atoms with van der Waals surface area (Å²) in [6, 6.07) is 5.58. The van der Waals surface area contributed by atoms with E-state index in [1.165, 1.54) is 0 Å². The summed E-state index contributed by atoms with van der Waals surface area (Å²) >= 11 is 5.88. The van der Waals surface area contributed by atoms with Gasteiger partial charge in [0.15, 0.2) is 5.65 Å². The lowest BCUT2D eigenvalue weighted by molar-refractivity contribution is 0.0459. The third kappa shape index (κ3) is 4.03. The van der Waals surface area contributed by atoms with Gasteiger partial charge in [-0.2, -0.15) is 0 Å². The Balaban J connectivity index is 2.08. The summed E-state index contributed by atoms with van der Waals surface area (Å²) in [6.07, 6.45) is 1.57. The molecule has 0 aliphatic rings. The molecule has 1 unspecified atom stereocenters. The third-order valence-corrected chi connectivity index (χ3v) is 3.02. The summed E-state index contributed by atoms with van der Waals surface area (Å²) in [7, 11) is 3.85. The molecule has 2 N–H and O–H groups in total. The van der Waals surface area contributed by atoms with Crippen LogP contribution in [0.4, 0.5) is 5.82 Å². The molecule has 0 saturated heterocycles. The molecular weight excluding hydrogens is 276 g/mol. The molecule has 0 aliphatic heterocycles. The molecule has 2 heterocycles. The van der Waals surface area contributed by atoms with Crippen LogP contribution in [0.25, 0.3) is 11.0 Å². The van der Waals surface area contributed by atoms with Crippen molar-refractivity contribution in [2.75, 3.05) is 32.5 Å². The van der Waals surface area contributed by atoms with Crippen LogP contribution in [0.3, 0.4) is 0 Å². The molecule has 2 aromatic heterocycles. The van der Waals surface area contributed by atoms with E-state index in [1.54, 1.807) is 13.1 Å². The van der Waals surface area contributed by atoms with Crippen molar-refractivity contribution in [2.45, 2.75) is 12.5 Å². The molecule has 0 bridgehead atoms. The third-order valence-electron chi connectivity index (χ3n) is 2.82. The number of aliphatic hydroxyl groups is 1. The standard InChI is InChI=1S/C14H19ClN4O/c1-14(20,9-19(2)3)8-17-12-5-4-10-6-11(15)7-16-13(10)18-12/h4-7,20H,8-9H2,1-3H3,(H,16,17,18). The molecule has 1 atom stereocenters. The van der Waals surface area contributed by atoms with Gasteiger partial charge in [0.1, 0.15) is 5.82 Å². The molecule has 6 heteroatoms. The molecule has 0 aromatic carbocycles. The Kier molecular flexibility index (Phi) is 4.42. The Bertz CT molecular complexity index is 601. The van der Waals surface area contributed by atoms with E-state index in [0.29, 0.717) is 29.6 Å². The van der Waals surface area contributed by atoms with Crippen LogP contribution in [0.2, 0.25) is 5.02 Å². The molecule has 2 rings (SSSR count). The first-order chi connectivity index (χ1) is 9.35. The number of pyridine rings is 2. The number of rotatable bonds is 5. The van der Waals surface area contributed by atoms with Crippen LogP contribution >= 0.6 is 11.6 Å². The van der Waals surface area contributed by atoms with Crippen molar-refractivity contribution in [1.82, 2.24) is 14.9 Å². The van der Waals surface area contributed by atoms with Crippen molar-refractivity contribution in [2.24, 2.45) is 0 Å². The van der Waals surface area contributed by atoms with Gasteiger partial charge in [-0.05, 0) is 39.2 Å². The minimum absolute atomic E-state index is 0.414. The largest absolute Gasteiger partial charge is 0.387 e. The van der Waals surface area contributed by atoms with Gasteiger partial charge in [-0.15, -0.1) is 0 Å². The second-order valence-electron chi connectivity index (χ2n) is 5.49. The Morgan fingerprint density at radius 2 is 2.15 bits per heavy atom. The van der Waals surface area contributed by atoms with Gasteiger partial charge >= 0.3 is 0 Å². The van der Waals surface area contributed by atoms with Gasteiger partial charge in [0, 0.05) is 24.7 Å². The van der Waals surface area contributed by atoms with Gasteiger partial charge < -0.3 is 15.3 Å². The summed E-state index contributed by atoms with van der Waals surface area (Å²) in [6.45, 7) is 2.78. The first-order valence-corrected chi connectivity index (χ1v) is 6.77. The van der Waals surface area contributed by atoms with Crippen LogP contribution in [0.1, 0.15) is 6.92 Å². The maximum absolute atomic E-state index is 10.2. The zero-order valence-corrected chi connectivity index (χ0v) is 12.6. The topological polar surface area (TPSA) is 61.3 Å². The highest BCUT2D eigenvalue weighted by Gasteiger charge is 2.21. The average Bonchev–Trinajstić information content (AvgIpc) is 2.35. The van der Waals surface area contributed by atoms with Gasteiger partial charge in [-0.25, -0.2) is 9.97 Å². The molecule has 108 valence electrons. The van der Waals surface area contributed by atoms with E-state index in [2.05, 4.69) is 15.3 Å². The lowest BCUT2D eigenvalue weighted by atomic mass is 10.1. The van der Waals surface area contributed by atoms with Crippen LogP contribution in [0, 0.1) is 0 Å². The zero-order valence-electron chi connectivity index (χ0n) is 11.9. The first kappa shape index (κ1) is 15.0. The monoisotopic (exact) mass is 294 g/mol. The summed E-state index contributed by atoms with van der Waals surface area (Å²) in [4.78, 5) is 10.5. The fraction of sp³-hybridized carbons (Fsp3) is 0.429. The highest BCUT2D eigenvalue weighted by atomic mass is 35.5. The Hall–Kier alpha value is -1.43. The Morgan fingerprint density at radius 1 is 1.40 bits per heavy atom. The second-order valence-corrected chi connectivity index (χ2v) is 5.92. The van der Waals surface area contributed by atoms with E-state index in [9.17, 15) is 5.11 Å². The fourth-order valence-electron chi connectivity index (χ4n) is 2.10. The van der Waals surface area contributed by atoms with Crippen LogP contribution in [0.5, 0.6) is 0 Å². The normalized spacial score (nSPS) is 14.5. The Morgan fingerprint density at radius 3 is 2.85 bits per heavy atom. The quantitative estimate of drug-likeness (QED) is 0.883. The van der Waals surface area contributed by atoms with Crippen LogP contribution < -0.4 is 5.32 Å². The molecule has 0 saturated carbocycles. The van der Waals surface area contributed by atoms with Crippen molar-refractivity contribution < 1.29 is 5.11 Å². The highest BCUT2D eigenvalue weighted by molar-refractivity contribution is 6.31. The minimum Gasteiger partial charge on any atom is -0.387 e. The predicted octanol–water partition coefficient (Wildman–Crippen LogP) is 2.01. The van der Waals surface area contributed by atoms with E-state index in [0.717, 1.165) is 5.39 Å². The molecule has 2 aromatic rings.